The van der Waals surface area contributed by atoms with Gasteiger partial charge in [-0.1, -0.05) is 12.8 Å². The van der Waals surface area contributed by atoms with Crippen LogP contribution in [-0.4, -0.2) is 32.4 Å². The lowest BCUT2D eigenvalue weighted by molar-refractivity contribution is -0.145. The Morgan fingerprint density at radius 3 is 2.39 bits per heavy atom. The molecule has 1 heterocycles. The minimum Gasteiger partial charge on any atom is -0.390 e. The Morgan fingerprint density at radius 2 is 1.82 bits per heavy atom. The number of amides is 1. The number of hydrogen-bond acceptors (Lipinski definition) is 3. The molecule has 5 aliphatic rings. The van der Waals surface area contributed by atoms with Crippen LogP contribution in [0.25, 0.3) is 0 Å². The molecule has 0 saturated heterocycles. The maximum absolute atomic E-state index is 13.8. The van der Waals surface area contributed by atoms with E-state index in [-0.39, 0.29) is 29.5 Å². The number of aromatic nitrogens is 2. The summed E-state index contributed by atoms with van der Waals surface area (Å²) in [6, 6.07) is -0.436. The normalized spacial score (nSPS) is 37.6. The number of alkyl halides is 3. The van der Waals surface area contributed by atoms with Gasteiger partial charge in [-0.25, -0.2) is 0 Å². The summed E-state index contributed by atoms with van der Waals surface area (Å²) >= 11 is 0. The van der Waals surface area contributed by atoms with E-state index in [4.69, 9.17) is 0 Å². The minimum absolute atomic E-state index is 0.152. The zero-order valence-electron chi connectivity index (χ0n) is 15.7. The van der Waals surface area contributed by atoms with Gasteiger partial charge >= 0.3 is 6.18 Å². The van der Waals surface area contributed by atoms with Crippen LogP contribution in [0.4, 0.5) is 13.2 Å². The van der Waals surface area contributed by atoms with Crippen molar-refractivity contribution in [2.45, 2.75) is 81.6 Å². The first-order valence-electron chi connectivity index (χ1n) is 10.4. The van der Waals surface area contributed by atoms with Gasteiger partial charge in [0.25, 0.3) is 5.91 Å². The van der Waals surface area contributed by atoms with Crippen molar-refractivity contribution in [1.82, 2.24) is 15.1 Å². The lowest BCUT2D eigenvalue weighted by Gasteiger charge is -2.58. The smallest absolute Gasteiger partial charge is 0.390 e. The van der Waals surface area contributed by atoms with Crippen molar-refractivity contribution in [3.63, 3.8) is 0 Å². The van der Waals surface area contributed by atoms with Gasteiger partial charge in [0.15, 0.2) is 5.69 Å². The summed E-state index contributed by atoms with van der Waals surface area (Å²) in [6.07, 6.45) is 3.55. The van der Waals surface area contributed by atoms with Crippen molar-refractivity contribution < 1.29 is 23.1 Å². The van der Waals surface area contributed by atoms with Crippen molar-refractivity contribution in [1.29, 1.82) is 0 Å². The molecule has 154 valence electrons. The van der Waals surface area contributed by atoms with Crippen LogP contribution in [0.2, 0.25) is 0 Å². The van der Waals surface area contributed by atoms with E-state index >= 15 is 0 Å². The SMILES string of the molecule is O=C(NC1C2CC3CC1CC(O)(C3)C2)c1cnn(C2CCCC2)c1C(F)(F)F. The summed E-state index contributed by atoms with van der Waals surface area (Å²) in [6.45, 7) is 0. The molecule has 0 aliphatic heterocycles. The first-order chi connectivity index (χ1) is 13.2. The van der Waals surface area contributed by atoms with Gasteiger partial charge in [-0.15, -0.1) is 0 Å². The highest BCUT2D eigenvalue weighted by atomic mass is 19.4. The van der Waals surface area contributed by atoms with Gasteiger partial charge < -0.3 is 10.4 Å². The fourth-order valence-electron chi connectivity index (χ4n) is 6.68. The summed E-state index contributed by atoms with van der Waals surface area (Å²) in [4.78, 5) is 12.9. The molecular formula is C20H26F3N3O2. The maximum atomic E-state index is 13.8. The molecule has 5 nitrogen and oxygen atoms in total. The second kappa shape index (κ2) is 6.21. The monoisotopic (exact) mass is 397 g/mol. The first-order valence-corrected chi connectivity index (χ1v) is 10.4. The Kier molecular flexibility index (Phi) is 4.09. The fraction of sp³-hybridized carbons (Fsp3) is 0.800. The molecule has 0 spiro atoms. The van der Waals surface area contributed by atoms with Crippen LogP contribution in [0.15, 0.2) is 6.20 Å². The molecule has 1 aromatic heterocycles. The summed E-state index contributed by atoms with van der Waals surface area (Å²) in [5.41, 5.74) is -1.92. The third-order valence-corrected chi connectivity index (χ3v) is 7.52. The van der Waals surface area contributed by atoms with E-state index < -0.39 is 23.4 Å². The number of carbonyl (C=O) groups excluding carboxylic acids is 1. The largest absolute Gasteiger partial charge is 0.433 e. The third-order valence-electron chi connectivity index (χ3n) is 7.52. The van der Waals surface area contributed by atoms with E-state index in [9.17, 15) is 23.1 Å². The van der Waals surface area contributed by atoms with E-state index in [1.54, 1.807) is 0 Å². The molecular weight excluding hydrogens is 371 g/mol. The van der Waals surface area contributed by atoms with E-state index in [2.05, 4.69) is 10.4 Å². The quantitative estimate of drug-likeness (QED) is 0.818. The fourth-order valence-corrected chi connectivity index (χ4v) is 6.68. The first kappa shape index (κ1) is 18.5. The van der Waals surface area contributed by atoms with Crippen molar-refractivity contribution in [2.75, 3.05) is 0 Å². The molecule has 5 saturated carbocycles. The number of hydrogen-bond donors (Lipinski definition) is 2. The second-order valence-electron chi connectivity index (χ2n) is 9.48. The van der Waals surface area contributed by atoms with E-state index in [1.807, 2.05) is 0 Å². The van der Waals surface area contributed by atoms with Crippen LogP contribution in [0.5, 0.6) is 0 Å². The molecule has 6 rings (SSSR count). The van der Waals surface area contributed by atoms with Crippen LogP contribution in [0.1, 0.15) is 79.9 Å². The molecule has 4 bridgehead atoms. The molecule has 5 aliphatic carbocycles. The van der Waals surface area contributed by atoms with Crippen molar-refractivity contribution >= 4 is 5.91 Å². The number of rotatable bonds is 3. The van der Waals surface area contributed by atoms with Crippen LogP contribution in [-0.2, 0) is 6.18 Å². The number of aliphatic hydroxyl groups is 1. The Labute approximate surface area is 161 Å². The molecule has 0 aromatic carbocycles. The van der Waals surface area contributed by atoms with Crippen molar-refractivity contribution in [3.05, 3.63) is 17.5 Å². The standard InChI is InChI=1S/C20H26F3N3O2/c21-20(22,23)17-15(10-24-26(17)14-3-1-2-4-14)18(27)25-16-12-5-11-6-13(16)9-19(28,7-11)8-12/h10-14,16,28H,1-9H2,(H,25,27). The summed E-state index contributed by atoms with van der Waals surface area (Å²) < 4.78 is 42.4. The van der Waals surface area contributed by atoms with E-state index in [0.717, 1.165) is 43.0 Å². The highest BCUT2D eigenvalue weighted by molar-refractivity contribution is 5.95. The van der Waals surface area contributed by atoms with Crippen LogP contribution in [0, 0.1) is 17.8 Å². The average molecular weight is 397 g/mol. The van der Waals surface area contributed by atoms with Gasteiger partial charge in [0.05, 0.1) is 23.4 Å². The topological polar surface area (TPSA) is 67.2 Å². The molecule has 2 atom stereocenters. The molecule has 1 aromatic rings. The Hall–Kier alpha value is -1.57. The molecule has 2 N–H and O–H groups in total. The number of carbonyl (C=O) groups is 1. The Balaban J connectivity index is 1.40. The van der Waals surface area contributed by atoms with Crippen LogP contribution in [0.3, 0.4) is 0 Å². The van der Waals surface area contributed by atoms with Crippen LogP contribution < -0.4 is 5.32 Å². The van der Waals surface area contributed by atoms with Gasteiger partial charge in [-0.3, -0.25) is 9.48 Å². The maximum Gasteiger partial charge on any atom is 0.433 e. The third kappa shape index (κ3) is 2.95. The van der Waals surface area contributed by atoms with Gasteiger partial charge in [0, 0.05) is 6.04 Å². The molecule has 5 fully saturated rings. The van der Waals surface area contributed by atoms with Crippen molar-refractivity contribution in [2.24, 2.45) is 17.8 Å². The van der Waals surface area contributed by atoms with Crippen LogP contribution >= 0.6 is 0 Å². The highest BCUT2D eigenvalue weighted by Crippen LogP contribution is 2.55. The number of halogens is 3. The number of nitrogens with zero attached hydrogens (tertiary/aromatic N) is 2. The molecule has 8 heteroatoms. The van der Waals surface area contributed by atoms with E-state index in [1.165, 1.54) is 0 Å². The summed E-state index contributed by atoms with van der Waals surface area (Å²) in [7, 11) is 0. The Morgan fingerprint density at radius 1 is 1.18 bits per heavy atom. The zero-order valence-corrected chi connectivity index (χ0v) is 15.7. The number of nitrogens with one attached hydrogen (secondary N) is 1. The minimum atomic E-state index is -4.62. The predicted molar refractivity (Wildman–Crippen MR) is 94.5 cm³/mol. The molecule has 2 unspecified atom stereocenters. The average Bonchev–Trinajstić information content (AvgIpc) is 3.24. The van der Waals surface area contributed by atoms with Gasteiger partial charge in [-0.05, 0) is 62.7 Å². The van der Waals surface area contributed by atoms with Gasteiger partial charge in [-0.2, -0.15) is 18.3 Å². The highest BCUT2D eigenvalue weighted by Gasteiger charge is 2.55. The lowest BCUT2D eigenvalue weighted by atomic mass is 9.52. The van der Waals surface area contributed by atoms with Gasteiger partial charge in [0.1, 0.15) is 0 Å². The summed E-state index contributed by atoms with van der Waals surface area (Å²) in [5.74, 6) is 0.103. The Bertz CT molecular complexity index is 768. The molecule has 28 heavy (non-hydrogen) atoms. The second-order valence-corrected chi connectivity index (χ2v) is 9.48. The summed E-state index contributed by atoms with van der Waals surface area (Å²) in [5, 5.41) is 17.6. The van der Waals surface area contributed by atoms with Gasteiger partial charge in [0.2, 0.25) is 0 Å². The predicted octanol–water partition coefficient (Wildman–Crippen LogP) is 3.69. The zero-order chi connectivity index (χ0) is 19.7. The molecule has 1 amide bonds. The molecule has 0 radical (unpaired) electrons. The van der Waals surface area contributed by atoms with Crippen molar-refractivity contribution in [3.8, 4) is 0 Å². The van der Waals surface area contributed by atoms with E-state index in [0.29, 0.717) is 31.6 Å². The lowest BCUT2D eigenvalue weighted by Crippen LogP contribution is -2.61.